The first-order chi connectivity index (χ1) is 9.24. The Bertz CT molecular complexity index is 452. The van der Waals surface area contributed by atoms with Gasteiger partial charge in [0.25, 0.3) is 5.91 Å². The highest BCUT2D eigenvalue weighted by molar-refractivity contribution is 14.1. The van der Waals surface area contributed by atoms with Crippen LogP contribution in [-0.2, 0) is 0 Å². The third-order valence-electron chi connectivity index (χ3n) is 3.89. The normalized spacial score (nSPS) is 23.3. The number of rotatable bonds is 4. The molecule has 1 N–H and O–H groups in total. The van der Waals surface area contributed by atoms with Gasteiger partial charge >= 0.3 is 0 Å². The Morgan fingerprint density at radius 1 is 1.42 bits per heavy atom. The lowest BCUT2D eigenvalue weighted by Crippen LogP contribution is -2.46. The number of piperidine rings is 1. The monoisotopic (exact) mass is 390 g/mol. The van der Waals surface area contributed by atoms with E-state index in [0.717, 1.165) is 18.7 Å². The molecule has 2 aliphatic rings. The van der Waals surface area contributed by atoms with Crippen molar-refractivity contribution >= 4 is 39.8 Å². The summed E-state index contributed by atoms with van der Waals surface area (Å²) in [6.07, 6.45) is 6.13. The molecule has 3 nitrogen and oxygen atoms in total. The maximum atomic E-state index is 12.6. The first kappa shape index (κ1) is 13.8. The Kier molecular flexibility index (Phi) is 4.44. The Balaban J connectivity index is 1.68. The number of carbonyl (C=O) groups is 1. The minimum atomic E-state index is 0.231. The smallest absolute Gasteiger partial charge is 0.255 e. The van der Waals surface area contributed by atoms with E-state index in [9.17, 15) is 4.79 Å². The molecular formula is C14H19IN2OS. The van der Waals surface area contributed by atoms with Gasteiger partial charge in [-0.2, -0.15) is 0 Å². The first-order valence-corrected chi connectivity index (χ1v) is 8.98. The molecule has 0 bridgehead atoms. The molecule has 1 saturated carbocycles. The molecular weight excluding hydrogens is 371 g/mol. The Labute approximate surface area is 131 Å². The predicted molar refractivity (Wildman–Crippen MR) is 86.7 cm³/mol. The van der Waals surface area contributed by atoms with E-state index in [1.54, 1.807) is 11.3 Å². The van der Waals surface area contributed by atoms with Crippen LogP contribution in [0.1, 0.15) is 42.5 Å². The molecule has 0 aromatic carbocycles. The van der Waals surface area contributed by atoms with Crippen molar-refractivity contribution in [2.45, 2.75) is 44.2 Å². The largest absolute Gasteiger partial charge is 0.334 e. The lowest BCUT2D eigenvalue weighted by Gasteiger charge is -2.30. The summed E-state index contributed by atoms with van der Waals surface area (Å²) in [6.45, 7) is 1.99. The van der Waals surface area contributed by atoms with Crippen LogP contribution in [0.4, 0.5) is 0 Å². The third-order valence-corrected chi connectivity index (χ3v) is 5.68. The molecule has 1 atom stereocenters. The van der Waals surface area contributed by atoms with Crippen molar-refractivity contribution in [1.29, 1.82) is 0 Å². The number of hydrogen-bond acceptors (Lipinski definition) is 3. The fourth-order valence-electron chi connectivity index (χ4n) is 2.69. The van der Waals surface area contributed by atoms with Crippen LogP contribution in [0.5, 0.6) is 0 Å². The molecule has 19 heavy (non-hydrogen) atoms. The summed E-state index contributed by atoms with van der Waals surface area (Å²) in [5.74, 6) is 0.231. The van der Waals surface area contributed by atoms with Crippen LogP contribution in [-0.4, -0.2) is 36.0 Å². The minimum absolute atomic E-state index is 0.231. The van der Waals surface area contributed by atoms with Crippen molar-refractivity contribution in [3.8, 4) is 0 Å². The number of hydrogen-bond donors (Lipinski definition) is 1. The molecule has 0 radical (unpaired) electrons. The molecule has 5 heteroatoms. The number of carbonyl (C=O) groups excluding carboxylic acids is 1. The fourth-order valence-corrected chi connectivity index (χ4v) is 4.01. The van der Waals surface area contributed by atoms with Gasteiger partial charge in [0.2, 0.25) is 0 Å². The van der Waals surface area contributed by atoms with Gasteiger partial charge in [-0.05, 0) is 60.9 Å². The van der Waals surface area contributed by atoms with Crippen molar-refractivity contribution in [2.24, 2.45) is 0 Å². The van der Waals surface area contributed by atoms with Gasteiger partial charge < -0.3 is 10.2 Å². The molecule has 3 rings (SSSR count). The molecule has 2 heterocycles. The van der Waals surface area contributed by atoms with E-state index in [0.29, 0.717) is 12.1 Å². The van der Waals surface area contributed by atoms with Crippen LogP contribution >= 0.6 is 33.9 Å². The Hall–Kier alpha value is -0.140. The van der Waals surface area contributed by atoms with Crippen LogP contribution in [0.25, 0.3) is 0 Å². The molecule has 2 fully saturated rings. The molecule has 0 spiro atoms. The zero-order valence-electron chi connectivity index (χ0n) is 10.9. The molecule has 1 amide bonds. The van der Waals surface area contributed by atoms with E-state index in [2.05, 4.69) is 32.8 Å². The van der Waals surface area contributed by atoms with Crippen LogP contribution in [0.2, 0.25) is 0 Å². The zero-order chi connectivity index (χ0) is 13.2. The summed E-state index contributed by atoms with van der Waals surface area (Å²) in [5, 5.41) is 5.54. The lowest BCUT2D eigenvalue weighted by molar-refractivity contribution is 0.0718. The van der Waals surface area contributed by atoms with E-state index in [-0.39, 0.29) is 5.91 Å². The topological polar surface area (TPSA) is 32.3 Å². The van der Waals surface area contributed by atoms with Gasteiger partial charge in [0.05, 0.1) is 8.45 Å². The number of thiophene rings is 1. The van der Waals surface area contributed by atoms with Crippen LogP contribution in [0.15, 0.2) is 11.4 Å². The highest BCUT2D eigenvalue weighted by atomic mass is 127. The van der Waals surface area contributed by atoms with Gasteiger partial charge in [0, 0.05) is 24.0 Å². The van der Waals surface area contributed by atoms with Gasteiger partial charge in [-0.15, -0.1) is 11.3 Å². The maximum Gasteiger partial charge on any atom is 0.255 e. The zero-order valence-corrected chi connectivity index (χ0v) is 13.9. The standard InChI is InChI=1S/C14H19IN2OS/c15-13-7-10(9-19-13)14(18)17(12-4-5-12)8-11-3-1-2-6-16-11/h7,9,11-12,16H,1-6,8H2. The van der Waals surface area contributed by atoms with E-state index < -0.39 is 0 Å². The second-order valence-corrected chi connectivity index (χ2v) is 8.28. The maximum absolute atomic E-state index is 12.6. The highest BCUT2D eigenvalue weighted by Crippen LogP contribution is 2.30. The van der Waals surface area contributed by atoms with Crippen molar-refractivity contribution in [3.63, 3.8) is 0 Å². The third kappa shape index (κ3) is 3.49. The molecule has 1 aromatic rings. The van der Waals surface area contributed by atoms with Crippen molar-refractivity contribution in [1.82, 2.24) is 10.2 Å². The molecule has 1 saturated heterocycles. The quantitative estimate of drug-likeness (QED) is 0.802. The van der Waals surface area contributed by atoms with Gasteiger partial charge in [-0.25, -0.2) is 0 Å². The molecule has 1 aromatic heterocycles. The second-order valence-electron chi connectivity index (χ2n) is 5.48. The summed E-state index contributed by atoms with van der Waals surface area (Å²) in [4.78, 5) is 14.7. The Morgan fingerprint density at radius 3 is 2.84 bits per heavy atom. The summed E-state index contributed by atoms with van der Waals surface area (Å²) in [5.41, 5.74) is 0.872. The van der Waals surface area contributed by atoms with Gasteiger partial charge in [-0.1, -0.05) is 6.42 Å². The summed E-state index contributed by atoms with van der Waals surface area (Å²) in [7, 11) is 0. The van der Waals surface area contributed by atoms with Gasteiger partial charge in [0.15, 0.2) is 0 Å². The summed E-state index contributed by atoms with van der Waals surface area (Å²) >= 11 is 3.93. The number of nitrogens with zero attached hydrogens (tertiary/aromatic N) is 1. The average molecular weight is 390 g/mol. The number of nitrogens with one attached hydrogen (secondary N) is 1. The number of amides is 1. The van der Waals surface area contributed by atoms with Crippen molar-refractivity contribution in [2.75, 3.05) is 13.1 Å². The Morgan fingerprint density at radius 2 is 2.26 bits per heavy atom. The lowest BCUT2D eigenvalue weighted by atomic mass is 10.0. The van der Waals surface area contributed by atoms with Gasteiger partial charge in [0.1, 0.15) is 0 Å². The minimum Gasteiger partial charge on any atom is -0.334 e. The van der Waals surface area contributed by atoms with Crippen LogP contribution in [0, 0.1) is 2.88 Å². The van der Waals surface area contributed by atoms with E-state index in [4.69, 9.17) is 0 Å². The van der Waals surface area contributed by atoms with E-state index >= 15 is 0 Å². The highest BCUT2D eigenvalue weighted by Gasteiger charge is 2.34. The number of halogens is 1. The second kappa shape index (κ2) is 6.10. The first-order valence-electron chi connectivity index (χ1n) is 7.02. The summed E-state index contributed by atoms with van der Waals surface area (Å²) < 4.78 is 1.19. The van der Waals surface area contributed by atoms with Crippen molar-refractivity contribution < 1.29 is 4.79 Å². The van der Waals surface area contributed by atoms with Crippen LogP contribution in [0.3, 0.4) is 0 Å². The molecule has 104 valence electrons. The average Bonchev–Trinajstić information content (AvgIpc) is 3.18. The van der Waals surface area contributed by atoms with Crippen molar-refractivity contribution in [3.05, 3.63) is 19.9 Å². The summed E-state index contributed by atoms with van der Waals surface area (Å²) in [6, 6.07) is 3.00. The van der Waals surface area contributed by atoms with E-state index in [1.807, 2.05) is 11.4 Å². The molecule has 1 aliphatic heterocycles. The molecule has 1 aliphatic carbocycles. The van der Waals surface area contributed by atoms with E-state index in [1.165, 1.54) is 35.0 Å². The fraction of sp³-hybridized carbons (Fsp3) is 0.643. The van der Waals surface area contributed by atoms with Crippen LogP contribution < -0.4 is 5.32 Å². The SMILES string of the molecule is O=C(c1csc(I)c1)N(CC1CCCCN1)C1CC1. The molecule has 1 unspecified atom stereocenters. The van der Waals surface area contributed by atoms with Gasteiger partial charge in [-0.3, -0.25) is 4.79 Å². The predicted octanol–water partition coefficient (Wildman–Crippen LogP) is 3.10.